The molecule has 0 aromatic carbocycles. The highest BCUT2D eigenvalue weighted by Crippen LogP contribution is 2.12. The monoisotopic (exact) mass is 182 g/mol. The number of hydrogen-bond acceptors (Lipinski definition) is 4. The Labute approximate surface area is 77.1 Å². The summed E-state index contributed by atoms with van der Waals surface area (Å²) in [5.41, 5.74) is 0.951. The molecular weight excluding hydrogens is 168 g/mol. The van der Waals surface area contributed by atoms with Gasteiger partial charge in [-0.2, -0.15) is 0 Å². The molecule has 4 heteroatoms. The van der Waals surface area contributed by atoms with Gasteiger partial charge in [0.1, 0.15) is 5.76 Å². The summed E-state index contributed by atoms with van der Waals surface area (Å²) in [6.45, 7) is 4.38. The molecule has 1 aliphatic rings. The van der Waals surface area contributed by atoms with Gasteiger partial charge in [0.25, 0.3) is 0 Å². The van der Waals surface area contributed by atoms with Crippen molar-refractivity contribution in [3.63, 3.8) is 0 Å². The van der Waals surface area contributed by atoms with E-state index < -0.39 is 0 Å². The first kappa shape index (κ1) is 8.72. The predicted molar refractivity (Wildman–Crippen MR) is 47.1 cm³/mol. The van der Waals surface area contributed by atoms with E-state index in [1.807, 2.05) is 13.0 Å². The number of aliphatic hydroxyl groups is 1. The van der Waals surface area contributed by atoms with E-state index >= 15 is 0 Å². The highest BCUT2D eigenvalue weighted by atomic mass is 16.5. The summed E-state index contributed by atoms with van der Waals surface area (Å²) in [6.07, 6.45) is 0.713. The van der Waals surface area contributed by atoms with Crippen LogP contribution in [0, 0.1) is 6.92 Å². The minimum atomic E-state index is -0.159. The van der Waals surface area contributed by atoms with Gasteiger partial charge in [-0.05, 0) is 13.3 Å². The zero-order valence-electron chi connectivity index (χ0n) is 7.73. The summed E-state index contributed by atoms with van der Waals surface area (Å²) in [5.74, 6) is 0.842. The molecule has 1 N–H and O–H groups in total. The summed E-state index contributed by atoms with van der Waals surface area (Å²) < 4.78 is 4.96. The molecule has 0 saturated carbocycles. The van der Waals surface area contributed by atoms with Crippen LogP contribution < -0.4 is 0 Å². The summed E-state index contributed by atoms with van der Waals surface area (Å²) >= 11 is 0. The lowest BCUT2D eigenvalue weighted by atomic mass is 10.3. The third-order valence-electron chi connectivity index (χ3n) is 2.31. The van der Waals surface area contributed by atoms with Crippen molar-refractivity contribution in [3.8, 4) is 0 Å². The molecule has 4 nitrogen and oxygen atoms in total. The van der Waals surface area contributed by atoms with Crippen LogP contribution in [-0.4, -0.2) is 34.4 Å². The maximum absolute atomic E-state index is 9.30. The third kappa shape index (κ3) is 2.08. The molecule has 2 rings (SSSR count). The van der Waals surface area contributed by atoms with E-state index in [1.54, 1.807) is 0 Å². The van der Waals surface area contributed by atoms with E-state index in [9.17, 15) is 5.11 Å². The zero-order valence-corrected chi connectivity index (χ0v) is 7.73. The largest absolute Gasteiger partial charge is 0.392 e. The van der Waals surface area contributed by atoms with Gasteiger partial charge in [-0.25, -0.2) is 0 Å². The SMILES string of the molecule is Cc1cc(CN2CC[C@H](O)C2)no1. The molecule has 1 atom stereocenters. The van der Waals surface area contributed by atoms with E-state index in [4.69, 9.17) is 4.52 Å². The first-order chi connectivity index (χ1) is 6.24. The maximum Gasteiger partial charge on any atom is 0.133 e. The van der Waals surface area contributed by atoms with Gasteiger partial charge in [-0.1, -0.05) is 5.16 Å². The second kappa shape index (κ2) is 3.47. The molecule has 1 aliphatic heterocycles. The van der Waals surface area contributed by atoms with Crippen LogP contribution in [0.5, 0.6) is 0 Å². The highest BCUT2D eigenvalue weighted by molar-refractivity contribution is 5.03. The van der Waals surface area contributed by atoms with Crippen LogP contribution in [0.25, 0.3) is 0 Å². The molecule has 0 amide bonds. The van der Waals surface area contributed by atoms with Crippen molar-refractivity contribution < 1.29 is 9.63 Å². The lowest BCUT2D eigenvalue weighted by molar-refractivity contribution is 0.174. The van der Waals surface area contributed by atoms with Gasteiger partial charge in [0.15, 0.2) is 0 Å². The van der Waals surface area contributed by atoms with Gasteiger partial charge in [-0.3, -0.25) is 4.90 Å². The number of aliphatic hydroxyl groups excluding tert-OH is 1. The second-order valence-electron chi connectivity index (χ2n) is 3.61. The minimum Gasteiger partial charge on any atom is -0.392 e. The van der Waals surface area contributed by atoms with Crippen molar-refractivity contribution in [1.29, 1.82) is 0 Å². The van der Waals surface area contributed by atoms with Gasteiger partial charge < -0.3 is 9.63 Å². The highest BCUT2D eigenvalue weighted by Gasteiger charge is 2.20. The van der Waals surface area contributed by atoms with Crippen LogP contribution in [0.3, 0.4) is 0 Å². The molecule has 0 radical (unpaired) electrons. The molecular formula is C9H14N2O2. The van der Waals surface area contributed by atoms with Crippen molar-refractivity contribution in [3.05, 3.63) is 17.5 Å². The average molecular weight is 182 g/mol. The fourth-order valence-corrected chi connectivity index (χ4v) is 1.68. The normalized spacial score (nSPS) is 24.0. The third-order valence-corrected chi connectivity index (χ3v) is 2.31. The standard InChI is InChI=1S/C9H14N2O2/c1-7-4-8(10-13-7)5-11-3-2-9(12)6-11/h4,9,12H,2-3,5-6H2,1H3/t9-/m0/s1. The fourth-order valence-electron chi connectivity index (χ4n) is 1.68. The zero-order chi connectivity index (χ0) is 9.26. The van der Waals surface area contributed by atoms with Crippen LogP contribution in [-0.2, 0) is 6.54 Å². The molecule has 0 spiro atoms. The molecule has 72 valence electrons. The Morgan fingerprint density at radius 2 is 2.62 bits per heavy atom. The smallest absolute Gasteiger partial charge is 0.133 e. The Bertz CT molecular complexity index is 285. The maximum atomic E-state index is 9.30. The van der Waals surface area contributed by atoms with Crippen molar-refractivity contribution in [1.82, 2.24) is 10.1 Å². The number of rotatable bonds is 2. The molecule has 0 bridgehead atoms. The van der Waals surface area contributed by atoms with E-state index in [1.165, 1.54) is 0 Å². The van der Waals surface area contributed by atoms with Gasteiger partial charge in [0.2, 0.25) is 0 Å². The number of hydrogen-bond donors (Lipinski definition) is 1. The summed E-state index contributed by atoms with van der Waals surface area (Å²) in [7, 11) is 0. The second-order valence-corrected chi connectivity index (χ2v) is 3.61. The molecule has 1 saturated heterocycles. The van der Waals surface area contributed by atoms with E-state index in [0.29, 0.717) is 0 Å². The van der Waals surface area contributed by atoms with Gasteiger partial charge in [0.05, 0.1) is 11.8 Å². The Balaban J connectivity index is 1.91. The molecule has 0 aliphatic carbocycles. The lowest BCUT2D eigenvalue weighted by Gasteiger charge is -2.11. The van der Waals surface area contributed by atoms with Crippen molar-refractivity contribution in [2.75, 3.05) is 13.1 Å². The Hall–Kier alpha value is -0.870. The number of likely N-dealkylation sites (tertiary alicyclic amines) is 1. The van der Waals surface area contributed by atoms with Gasteiger partial charge in [0, 0.05) is 25.7 Å². The minimum absolute atomic E-state index is 0.159. The topological polar surface area (TPSA) is 49.5 Å². The number of aromatic nitrogens is 1. The number of aryl methyl sites for hydroxylation is 1. The lowest BCUT2D eigenvalue weighted by Crippen LogP contribution is -2.21. The molecule has 1 aromatic heterocycles. The Morgan fingerprint density at radius 3 is 3.15 bits per heavy atom. The molecule has 1 fully saturated rings. The van der Waals surface area contributed by atoms with Crippen LogP contribution in [0.1, 0.15) is 17.9 Å². The van der Waals surface area contributed by atoms with E-state index in [0.717, 1.165) is 37.5 Å². The summed E-state index contributed by atoms with van der Waals surface area (Å²) in [6, 6.07) is 1.94. The quantitative estimate of drug-likeness (QED) is 0.725. The number of nitrogens with zero attached hydrogens (tertiary/aromatic N) is 2. The fraction of sp³-hybridized carbons (Fsp3) is 0.667. The number of β-amino-alcohol motifs (C(OH)–C–C–N with tert-alkyl or cyclic N) is 1. The van der Waals surface area contributed by atoms with Crippen molar-refractivity contribution in [2.24, 2.45) is 0 Å². The van der Waals surface area contributed by atoms with E-state index in [-0.39, 0.29) is 6.10 Å². The first-order valence-electron chi connectivity index (χ1n) is 4.56. The Kier molecular flexibility index (Phi) is 2.33. The van der Waals surface area contributed by atoms with Crippen molar-refractivity contribution >= 4 is 0 Å². The summed E-state index contributed by atoms with van der Waals surface area (Å²) in [4.78, 5) is 2.18. The molecule has 1 aromatic rings. The van der Waals surface area contributed by atoms with Gasteiger partial charge >= 0.3 is 0 Å². The van der Waals surface area contributed by atoms with Crippen molar-refractivity contribution in [2.45, 2.75) is 26.0 Å². The van der Waals surface area contributed by atoms with Crippen LogP contribution in [0.2, 0.25) is 0 Å². The van der Waals surface area contributed by atoms with Crippen LogP contribution >= 0.6 is 0 Å². The predicted octanol–water partition coefficient (Wildman–Crippen LogP) is 0.550. The van der Waals surface area contributed by atoms with Crippen LogP contribution in [0.4, 0.5) is 0 Å². The summed E-state index contributed by atoms with van der Waals surface area (Å²) in [5, 5.41) is 13.2. The van der Waals surface area contributed by atoms with E-state index in [2.05, 4.69) is 10.1 Å². The van der Waals surface area contributed by atoms with Gasteiger partial charge in [-0.15, -0.1) is 0 Å². The van der Waals surface area contributed by atoms with Crippen LogP contribution in [0.15, 0.2) is 10.6 Å². The molecule has 13 heavy (non-hydrogen) atoms. The first-order valence-corrected chi connectivity index (χ1v) is 4.56. The molecule has 0 unspecified atom stereocenters. The Morgan fingerprint density at radius 1 is 1.77 bits per heavy atom. The average Bonchev–Trinajstić information content (AvgIpc) is 2.62. The molecule has 2 heterocycles.